The van der Waals surface area contributed by atoms with Gasteiger partial charge in [0.15, 0.2) is 0 Å². The van der Waals surface area contributed by atoms with Gasteiger partial charge in [0.2, 0.25) is 0 Å². The van der Waals surface area contributed by atoms with Crippen molar-refractivity contribution in [2.45, 2.75) is 25.7 Å². The molecule has 0 atom stereocenters. The first kappa shape index (κ1) is 23.8. The topological polar surface area (TPSA) is 133 Å². The Bertz CT molecular complexity index is 1080. The number of rotatable bonds is 9. The number of sulfonamides is 1. The van der Waals surface area contributed by atoms with E-state index in [2.05, 4.69) is 0 Å². The maximum atomic E-state index is 13.3. The van der Waals surface area contributed by atoms with E-state index in [1.165, 1.54) is 18.2 Å². The number of hydrogen-bond acceptors (Lipinski definition) is 8. The molecule has 166 valence electrons. The van der Waals surface area contributed by atoms with E-state index in [9.17, 15) is 28.1 Å². The average molecular weight is 450 g/mol. The van der Waals surface area contributed by atoms with Gasteiger partial charge in [-0.3, -0.25) is 19.2 Å². The molecular formula is C20H22N2O8S. The van der Waals surface area contributed by atoms with Crippen LogP contribution in [-0.4, -0.2) is 45.0 Å². The number of non-ortho nitro benzene ring substituents is 1. The molecule has 0 radical (unpaired) electrons. The SMILES string of the molecule is CCOC(=O)CN(c1ccc(C(=O)OCC)cc1C)S(=O)(=O)c1ccc([N+](=O)[O-])cc1. The number of ether oxygens (including phenoxy) is 2. The fourth-order valence-electron chi connectivity index (χ4n) is 2.77. The van der Waals surface area contributed by atoms with Gasteiger partial charge in [-0.25, -0.2) is 13.2 Å². The maximum absolute atomic E-state index is 13.3. The first-order valence-electron chi connectivity index (χ1n) is 9.32. The van der Waals surface area contributed by atoms with E-state index >= 15 is 0 Å². The third kappa shape index (κ3) is 5.57. The molecule has 31 heavy (non-hydrogen) atoms. The highest BCUT2D eigenvalue weighted by Gasteiger charge is 2.29. The number of anilines is 1. The molecule has 0 heterocycles. The second-order valence-corrected chi connectivity index (χ2v) is 8.15. The van der Waals surface area contributed by atoms with Crippen LogP contribution in [0.2, 0.25) is 0 Å². The quantitative estimate of drug-likeness (QED) is 0.323. The van der Waals surface area contributed by atoms with Gasteiger partial charge in [-0.2, -0.15) is 0 Å². The minimum absolute atomic E-state index is 0.0605. The van der Waals surface area contributed by atoms with Gasteiger partial charge in [-0.1, -0.05) is 0 Å². The highest BCUT2D eigenvalue weighted by molar-refractivity contribution is 7.92. The Morgan fingerprint density at radius 2 is 1.65 bits per heavy atom. The van der Waals surface area contributed by atoms with Crippen molar-refractivity contribution in [3.8, 4) is 0 Å². The molecule has 0 aromatic heterocycles. The molecule has 10 nitrogen and oxygen atoms in total. The number of nitro benzene ring substituents is 1. The molecule has 0 aliphatic rings. The number of benzene rings is 2. The van der Waals surface area contributed by atoms with Gasteiger partial charge in [-0.15, -0.1) is 0 Å². The highest BCUT2D eigenvalue weighted by atomic mass is 32.2. The van der Waals surface area contributed by atoms with Crippen LogP contribution in [0.15, 0.2) is 47.4 Å². The molecule has 0 unspecified atom stereocenters. The summed E-state index contributed by atoms with van der Waals surface area (Å²) in [5, 5.41) is 10.9. The Kier molecular flexibility index (Phi) is 7.70. The molecule has 0 amide bonds. The van der Waals surface area contributed by atoms with Gasteiger partial charge in [0, 0.05) is 12.1 Å². The summed E-state index contributed by atoms with van der Waals surface area (Å²) in [6.07, 6.45) is 0. The fraction of sp³-hybridized carbons (Fsp3) is 0.300. The van der Waals surface area contributed by atoms with E-state index in [-0.39, 0.29) is 35.0 Å². The summed E-state index contributed by atoms with van der Waals surface area (Å²) >= 11 is 0. The molecule has 2 aromatic carbocycles. The second kappa shape index (κ2) is 10.0. The van der Waals surface area contributed by atoms with Crippen molar-refractivity contribution in [1.82, 2.24) is 0 Å². The monoisotopic (exact) mass is 450 g/mol. The standard InChI is InChI=1S/C20H22N2O8S/c1-4-29-19(23)13-21(18-11-6-15(12-14(18)3)20(24)30-5-2)31(27,28)17-9-7-16(8-10-17)22(25)26/h6-12H,4-5,13H2,1-3H3. The summed E-state index contributed by atoms with van der Waals surface area (Å²) in [5.41, 5.74) is 0.512. The van der Waals surface area contributed by atoms with Gasteiger partial charge in [0.05, 0.1) is 34.3 Å². The van der Waals surface area contributed by atoms with Crippen molar-refractivity contribution in [2.24, 2.45) is 0 Å². The summed E-state index contributed by atoms with van der Waals surface area (Å²) in [4.78, 5) is 34.1. The number of nitrogens with zero attached hydrogens (tertiary/aromatic N) is 2. The zero-order valence-corrected chi connectivity index (χ0v) is 18.0. The van der Waals surface area contributed by atoms with E-state index in [1.54, 1.807) is 20.8 Å². The van der Waals surface area contributed by atoms with Crippen LogP contribution in [-0.2, 0) is 24.3 Å². The predicted octanol–water partition coefficient (Wildman–Crippen LogP) is 2.84. The van der Waals surface area contributed by atoms with E-state index in [0.717, 1.165) is 28.6 Å². The number of aryl methyl sites for hydroxylation is 1. The van der Waals surface area contributed by atoms with Gasteiger partial charge in [-0.05, 0) is 56.7 Å². The maximum Gasteiger partial charge on any atom is 0.338 e. The Morgan fingerprint density at radius 1 is 1.03 bits per heavy atom. The van der Waals surface area contributed by atoms with Gasteiger partial charge in [0.25, 0.3) is 15.7 Å². The van der Waals surface area contributed by atoms with Crippen LogP contribution in [0.1, 0.15) is 29.8 Å². The minimum Gasteiger partial charge on any atom is -0.465 e. The fourth-order valence-corrected chi connectivity index (χ4v) is 4.24. The molecule has 0 aliphatic carbocycles. The second-order valence-electron chi connectivity index (χ2n) is 6.29. The van der Waals surface area contributed by atoms with Crippen LogP contribution in [0.5, 0.6) is 0 Å². The molecule has 0 bridgehead atoms. The summed E-state index contributed by atoms with van der Waals surface area (Å²) in [7, 11) is -4.28. The van der Waals surface area contributed by atoms with E-state index in [0.29, 0.717) is 5.56 Å². The van der Waals surface area contributed by atoms with E-state index < -0.39 is 33.4 Å². The molecule has 0 aliphatic heterocycles. The first-order valence-corrected chi connectivity index (χ1v) is 10.8. The predicted molar refractivity (Wildman–Crippen MR) is 111 cm³/mol. The summed E-state index contributed by atoms with van der Waals surface area (Å²) in [6.45, 7) is 4.46. The minimum atomic E-state index is -4.28. The van der Waals surface area contributed by atoms with Crippen molar-refractivity contribution in [3.05, 3.63) is 63.7 Å². The first-order chi connectivity index (χ1) is 14.6. The van der Waals surface area contributed by atoms with Crippen LogP contribution in [0.4, 0.5) is 11.4 Å². The van der Waals surface area contributed by atoms with Crippen molar-refractivity contribution >= 4 is 33.3 Å². The summed E-state index contributed by atoms with van der Waals surface area (Å²) in [6, 6.07) is 8.55. The summed E-state index contributed by atoms with van der Waals surface area (Å²) < 4.78 is 37.3. The van der Waals surface area contributed by atoms with Crippen molar-refractivity contribution < 1.29 is 32.4 Å². The lowest BCUT2D eigenvalue weighted by Crippen LogP contribution is -2.37. The van der Waals surface area contributed by atoms with Gasteiger partial charge in [0.1, 0.15) is 6.54 Å². The Hall–Kier alpha value is -3.47. The number of esters is 2. The van der Waals surface area contributed by atoms with Crippen molar-refractivity contribution in [3.63, 3.8) is 0 Å². The van der Waals surface area contributed by atoms with Crippen LogP contribution < -0.4 is 4.31 Å². The number of carbonyl (C=O) groups excluding carboxylic acids is 2. The van der Waals surface area contributed by atoms with E-state index in [4.69, 9.17) is 9.47 Å². The normalized spacial score (nSPS) is 10.9. The van der Waals surface area contributed by atoms with Crippen LogP contribution in [0.25, 0.3) is 0 Å². The molecule has 0 fully saturated rings. The number of carbonyl (C=O) groups is 2. The van der Waals surface area contributed by atoms with Crippen LogP contribution in [0.3, 0.4) is 0 Å². The molecule has 0 saturated heterocycles. The Morgan fingerprint density at radius 3 is 2.16 bits per heavy atom. The molecule has 0 saturated carbocycles. The Labute approximate surface area is 179 Å². The zero-order chi connectivity index (χ0) is 23.2. The smallest absolute Gasteiger partial charge is 0.338 e. The Balaban J connectivity index is 2.53. The third-order valence-corrected chi connectivity index (χ3v) is 5.96. The van der Waals surface area contributed by atoms with Crippen LogP contribution >= 0.6 is 0 Å². The number of hydrogen-bond donors (Lipinski definition) is 0. The van der Waals surface area contributed by atoms with Gasteiger partial charge >= 0.3 is 11.9 Å². The molecular weight excluding hydrogens is 428 g/mol. The zero-order valence-electron chi connectivity index (χ0n) is 17.2. The molecule has 11 heteroatoms. The number of nitro groups is 1. The van der Waals surface area contributed by atoms with Crippen LogP contribution in [0, 0.1) is 17.0 Å². The van der Waals surface area contributed by atoms with Crippen molar-refractivity contribution in [2.75, 3.05) is 24.1 Å². The molecule has 2 aromatic rings. The largest absolute Gasteiger partial charge is 0.465 e. The van der Waals surface area contributed by atoms with Gasteiger partial charge < -0.3 is 9.47 Å². The van der Waals surface area contributed by atoms with Crippen molar-refractivity contribution in [1.29, 1.82) is 0 Å². The lowest BCUT2D eigenvalue weighted by Gasteiger charge is -2.25. The third-order valence-electron chi connectivity index (χ3n) is 4.19. The highest BCUT2D eigenvalue weighted by Crippen LogP contribution is 2.29. The van der Waals surface area contributed by atoms with E-state index in [1.807, 2.05) is 0 Å². The molecule has 2 rings (SSSR count). The lowest BCUT2D eigenvalue weighted by molar-refractivity contribution is -0.384. The average Bonchev–Trinajstić information content (AvgIpc) is 2.72. The molecule has 0 spiro atoms. The lowest BCUT2D eigenvalue weighted by atomic mass is 10.1. The summed E-state index contributed by atoms with van der Waals surface area (Å²) in [5.74, 6) is -1.34. The molecule has 0 N–H and O–H groups in total.